The highest BCUT2D eigenvalue weighted by Gasteiger charge is 2.24. The van der Waals surface area contributed by atoms with Crippen LogP contribution in [0.2, 0.25) is 10.0 Å². The third kappa shape index (κ3) is 4.91. The lowest BCUT2D eigenvalue weighted by atomic mass is 10.2. The molecule has 2 N–H and O–H groups in total. The summed E-state index contributed by atoms with van der Waals surface area (Å²) in [5.41, 5.74) is 0.853. The summed E-state index contributed by atoms with van der Waals surface area (Å²) >= 11 is 11.7. The predicted octanol–water partition coefficient (Wildman–Crippen LogP) is 2.37. The molecule has 0 unspecified atom stereocenters. The van der Waals surface area contributed by atoms with Gasteiger partial charge in [0.05, 0.1) is 11.1 Å². The van der Waals surface area contributed by atoms with Gasteiger partial charge in [-0.2, -0.15) is 4.72 Å². The van der Waals surface area contributed by atoms with Crippen molar-refractivity contribution in [3.05, 3.63) is 58.3 Å². The fourth-order valence-corrected chi connectivity index (χ4v) is 3.84. The first-order valence-electron chi connectivity index (χ1n) is 6.93. The van der Waals surface area contributed by atoms with Gasteiger partial charge in [0.2, 0.25) is 15.9 Å². The molecule has 2 rings (SSSR count). The van der Waals surface area contributed by atoms with E-state index in [1.165, 1.54) is 25.1 Å². The van der Waals surface area contributed by atoms with Crippen LogP contribution in [0, 0.1) is 0 Å². The van der Waals surface area contributed by atoms with E-state index in [9.17, 15) is 13.2 Å². The van der Waals surface area contributed by atoms with Gasteiger partial charge in [-0.15, -0.1) is 0 Å². The van der Waals surface area contributed by atoms with Gasteiger partial charge in [-0.25, -0.2) is 8.42 Å². The minimum atomic E-state index is -3.98. The molecule has 0 saturated heterocycles. The molecule has 9 heteroatoms. The van der Waals surface area contributed by atoms with Crippen LogP contribution >= 0.6 is 23.2 Å². The van der Waals surface area contributed by atoms with E-state index in [1.807, 2.05) is 0 Å². The Morgan fingerprint density at radius 1 is 1.21 bits per heavy atom. The van der Waals surface area contributed by atoms with Crippen molar-refractivity contribution in [3.63, 3.8) is 0 Å². The quantitative estimate of drug-likeness (QED) is 0.795. The van der Waals surface area contributed by atoms with Crippen LogP contribution in [0.25, 0.3) is 0 Å². The number of aromatic nitrogens is 1. The zero-order valence-electron chi connectivity index (χ0n) is 12.7. The third-order valence-corrected chi connectivity index (χ3v) is 5.38. The van der Waals surface area contributed by atoms with E-state index < -0.39 is 22.0 Å². The summed E-state index contributed by atoms with van der Waals surface area (Å²) in [7, 11) is -3.98. The minimum absolute atomic E-state index is 0.0243. The normalized spacial score (nSPS) is 12.6. The summed E-state index contributed by atoms with van der Waals surface area (Å²) in [6.45, 7) is 1.71. The van der Waals surface area contributed by atoms with Crippen LogP contribution in [-0.2, 0) is 21.4 Å². The maximum Gasteiger partial charge on any atom is 0.242 e. The van der Waals surface area contributed by atoms with Gasteiger partial charge in [0.25, 0.3) is 0 Å². The van der Waals surface area contributed by atoms with Crippen LogP contribution in [0.4, 0.5) is 0 Å². The Morgan fingerprint density at radius 3 is 2.54 bits per heavy atom. The molecule has 0 fully saturated rings. The highest BCUT2D eigenvalue weighted by molar-refractivity contribution is 7.89. The zero-order valence-corrected chi connectivity index (χ0v) is 15.0. The van der Waals surface area contributed by atoms with Gasteiger partial charge in [0.15, 0.2) is 0 Å². The minimum Gasteiger partial charge on any atom is -0.351 e. The number of carbonyl (C=O) groups is 1. The van der Waals surface area contributed by atoms with E-state index in [4.69, 9.17) is 23.2 Å². The standard InChI is InChI=1S/C15H15Cl2N3O3S/c1-10(15(21)19-9-11-4-6-18-7-5-11)20-24(22,23)14-8-12(16)2-3-13(14)17/h2-8,10,20H,9H2,1H3,(H,19,21)/t10-/m0/s1. The highest BCUT2D eigenvalue weighted by atomic mass is 35.5. The lowest BCUT2D eigenvalue weighted by Gasteiger charge is -2.15. The molecule has 0 aliphatic rings. The van der Waals surface area contributed by atoms with Crippen molar-refractivity contribution in [2.45, 2.75) is 24.4 Å². The van der Waals surface area contributed by atoms with Crippen LogP contribution in [0.5, 0.6) is 0 Å². The third-order valence-electron chi connectivity index (χ3n) is 3.12. The van der Waals surface area contributed by atoms with Gasteiger partial charge in [-0.3, -0.25) is 9.78 Å². The zero-order chi connectivity index (χ0) is 17.7. The van der Waals surface area contributed by atoms with Crippen LogP contribution in [0.15, 0.2) is 47.6 Å². The second-order valence-corrected chi connectivity index (χ2v) is 7.52. The Labute approximate surface area is 150 Å². The molecule has 1 aromatic carbocycles. The lowest BCUT2D eigenvalue weighted by Crippen LogP contribution is -2.44. The van der Waals surface area contributed by atoms with Crippen molar-refractivity contribution in [1.29, 1.82) is 0 Å². The number of sulfonamides is 1. The molecular weight excluding hydrogens is 373 g/mol. The predicted molar refractivity (Wildman–Crippen MR) is 92.3 cm³/mol. The second-order valence-electron chi connectivity index (χ2n) is 4.99. The molecular formula is C15H15Cl2N3O3S. The molecule has 1 aromatic heterocycles. The number of halogens is 2. The van der Waals surface area contributed by atoms with E-state index in [1.54, 1.807) is 24.5 Å². The SMILES string of the molecule is C[C@H](NS(=O)(=O)c1cc(Cl)ccc1Cl)C(=O)NCc1ccncc1. The van der Waals surface area contributed by atoms with Crippen molar-refractivity contribution < 1.29 is 13.2 Å². The fraction of sp³-hybridized carbons (Fsp3) is 0.200. The molecule has 0 radical (unpaired) electrons. The summed E-state index contributed by atoms with van der Waals surface area (Å²) in [6.07, 6.45) is 3.21. The smallest absolute Gasteiger partial charge is 0.242 e. The van der Waals surface area contributed by atoms with Gasteiger partial charge < -0.3 is 5.32 Å². The van der Waals surface area contributed by atoms with Gasteiger partial charge in [-0.05, 0) is 42.8 Å². The number of hydrogen-bond donors (Lipinski definition) is 2. The molecule has 0 bridgehead atoms. The summed E-state index contributed by atoms with van der Waals surface area (Å²) in [5.74, 6) is -0.464. The largest absolute Gasteiger partial charge is 0.351 e. The molecule has 1 heterocycles. The Bertz CT molecular complexity index is 829. The van der Waals surface area contributed by atoms with E-state index in [0.29, 0.717) is 0 Å². The summed E-state index contributed by atoms with van der Waals surface area (Å²) in [4.78, 5) is 15.8. The number of carbonyl (C=O) groups excluding carboxylic acids is 1. The van der Waals surface area contributed by atoms with Crippen LogP contribution in [-0.4, -0.2) is 25.4 Å². The van der Waals surface area contributed by atoms with Crippen molar-refractivity contribution in [3.8, 4) is 0 Å². The van der Waals surface area contributed by atoms with E-state index in [0.717, 1.165) is 5.56 Å². The molecule has 2 aromatic rings. The lowest BCUT2D eigenvalue weighted by molar-refractivity contribution is -0.122. The highest BCUT2D eigenvalue weighted by Crippen LogP contribution is 2.24. The van der Waals surface area contributed by atoms with Gasteiger partial charge >= 0.3 is 0 Å². The average molecular weight is 388 g/mol. The number of benzene rings is 1. The van der Waals surface area contributed by atoms with Crippen LogP contribution < -0.4 is 10.0 Å². The molecule has 24 heavy (non-hydrogen) atoms. The average Bonchev–Trinajstić information content (AvgIpc) is 2.55. The van der Waals surface area contributed by atoms with Crippen molar-refractivity contribution in [1.82, 2.24) is 15.0 Å². The Hall–Kier alpha value is -1.67. The monoisotopic (exact) mass is 387 g/mol. The van der Waals surface area contributed by atoms with E-state index >= 15 is 0 Å². The molecule has 1 amide bonds. The number of pyridine rings is 1. The maximum atomic E-state index is 12.4. The maximum absolute atomic E-state index is 12.4. The molecule has 6 nitrogen and oxygen atoms in total. The molecule has 0 aliphatic heterocycles. The second kappa shape index (κ2) is 7.94. The summed E-state index contributed by atoms with van der Waals surface area (Å²) in [6, 6.07) is 6.61. The van der Waals surface area contributed by atoms with Gasteiger partial charge in [0.1, 0.15) is 4.90 Å². The van der Waals surface area contributed by atoms with Crippen LogP contribution in [0.3, 0.4) is 0 Å². The summed E-state index contributed by atoms with van der Waals surface area (Å²) < 4.78 is 27.0. The van der Waals surface area contributed by atoms with Gasteiger partial charge in [0, 0.05) is 24.0 Å². The van der Waals surface area contributed by atoms with Crippen LogP contribution in [0.1, 0.15) is 12.5 Å². The molecule has 128 valence electrons. The van der Waals surface area contributed by atoms with Crippen molar-refractivity contribution in [2.24, 2.45) is 0 Å². The first-order valence-corrected chi connectivity index (χ1v) is 9.17. The number of amides is 1. The van der Waals surface area contributed by atoms with Gasteiger partial charge in [-0.1, -0.05) is 23.2 Å². The topological polar surface area (TPSA) is 88.2 Å². The Morgan fingerprint density at radius 2 is 1.88 bits per heavy atom. The molecule has 1 atom stereocenters. The molecule has 0 spiro atoms. The first kappa shape index (κ1) is 18.7. The first-order chi connectivity index (χ1) is 11.3. The molecule has 0 saturated carbocycles. The Kier molecular flexibility index (Phi) is 6.17. The molecule has 0 aliphatic carbocycles. The van der Waals surface area contributed by atoms with Crippen molar-refractivity contribution >= 4 is 39.1 Å². The summed E-state index contributed by atoms with van der Waals surface area (Å²) in [5, 5.41) is 2.90. The van der Waals surface area contributed by atoms with Crippen molar-refractivity contribution in [2.75, 3.05) is 0 Å². The van der Waals surface area contributed by atoms with E-state index in [-0.39, 0.29) is 21.5 Å². The Balaban J connectivity index is 2.03. The number of nitrogens with one attached hydrogen (secondary N) is 2. The number of hydrogen-bond acceptors (Lipinski definition) is 4. The van der Waals surface area contributed by atoms with E-state index in [2.05, 4.69) is 15.0 Å². The fourth-order valence-electron chi connectivity index (χ4n) is 1.88. The number of nitrogens with zero attached hydrogens (tertiary/aromatic N) is 1. The number of rotatable bonds is 6.